The second-order valence-corrected chi connectivity index (χ2v) is 4.75. The third-order valence-corrected chi connectivity index (χ3v) is 3.03. The highest BCUT2D eigenvalue weighted by Crippen LogP contribution is 2.21. The maximum absolute atomic E-state index is 9.20. The number of aryl methyl sites for hydroxylation is 1. The monoisotopic (exact) mass is 236 g/mol. The van der Waals surface area contributed by atoms with Crippen LogP contribution < -0.4 is 5.73 Å². The number of hydrogen-bond donors (Lipinski definition) is 2. The molecule has 2 unspecified atom stereocenters. The van der Waals surface area contributed by atoms with Crippen molar-refractivity contribution >= 4 is 0 Å². The zero-order valence-corrected chi connectivity index (χ0v) is 11.1. The Morgan fingerprint density at radius 3 is 2.24 bits per heavy atom. The molecule has 0 aliphatic heterocycles. The van der Waals surface area contributed by atoms with E-state index in [0.29, 0.717) is 0 Å². The average Bonchev–Trinajstić information content (AvgIpc) is 2.31. The van der Waals surface area contributed by atoms with E-state index in [1.54, 1.807) is 0 Å². The van der Waals surface area contributed by atoms with E-state index in [1.807, 2.05) is 14.1 Å². The van der Waals surface area contributed by atoms with Gasteiger partial charge in [-0.3, -0.25) is 0 Å². The summed E-state index contributed by atoms with van der Waals surface area (Å²) in [5, 5.41) is 9.20. The first-order chi connectivity index (χ1) is 8.10. The second-order valence-electron chi connectivity index (χ2n) is 4.75. The smallest absolute Gasteiger partial charge is 0.0601 e. The average molecular weight is 236 g/mol. The molecule has 0 amide bonds. The summed E-state index contributed by atoms with van der Waals surface area (Å²) in [7, 11) is 3.97. The van der Waals surface area contributed by atoms with Crippen LogP contribution in [-0.2, 0) is 6.42 Å². The lowest BCUT2D eigenvalue weighted by molar-refractivity contribution is 0.181. The molecule has 17 heavy (non-hydrogen) atoms. The molecule has 0 aliphatic carbocycles. The lowest BCUT2D eigenvalue weighted by Crippen LogP contribution is -2.39. The van der Waals surface area contributed by atoms with Crippen LogP contribution in [0.15, 0.2) is 24.3 Å². The number of aliphatic hydroxyl groups excluding tert-OH is 1. The standard InChI is InChI=1S/C14H24N2O/c1-4-5-11-6-8-12(9-7-11)14(16(2)3)13(15)10-17/h6-9,13-14,17H,4-5,10,15H2,1-3H3. The zero-order valence-electron chi connectivity index (χ0n) is 11.1. The van der Waals surface area contributed by atoms with Crippen molar-refractivity contribution in [2.45, 2.75) is 31.8 Å². The fourth-order valence-corrected chi connectivity index (χ4v) is 2.20. The molecule has 0 saturated heterocycles. The molecule has 3 nitrogen and oxygen atoms in total. The number of nitrogens with two attached hydrogens (primary N) is 1. The van der Waals surface area contributed by atoms with Crippen molar-refractivity contribution < 1.29 is 5.11 Å². The number of benzene rings is 1. The minimum absolute atomic E-state index is 0.000438. The summed E-state index contributed by atoms with van der Waals surface area (Å²) in [6, 6.07) is 8.35. The van der Waals surface area contributed by atoms with Crippen molar-refractivity contribution in [3.8, 4) is 0 Å². The molecule has 0 aromatic heterocycles. The number of aliphatic hydroxyl groups is 1. The van der Waals surface area contributed by atoms with Gasteiger partial charge in [0.05, 0.1) is 12.6 Å². The summed E-state index contributed by atoms with van der Waals surface area (Å²) >= 11 is 0. The van der Waals surface area contributed by atoms with Crippen LogP contribution in [0.5, 0.6) is 0 Å². The molecule has 0 bridgehead atoms. The number of likely N-dealkylation sites (N-methyl/N-ethyl adjacent to an activating group) is 1. The van der Waals surface area contributed by atoms with Crippen LogP contribution in [0, 0.1) is 0 Å². The summed E-state index contributed by atoms with van der Waals surface area (Å²) in [4.78, 5) is 2.05. The number of hydrogen-bond acceptors (Lipinski definition) is 3. The van der Waals surface area contributed by atoms with E-state index < -0.39 is 0 Å². The highest BCUT2D eigenvalue weighted by Gasteiger charge is 2.21. The normalized spacial score (nSPS) is 14.9. The first-order valence-electron chi connectivity index (χ1n) is 6.21. The third kappa shape index (κ3) is 3.80. The molecule has 3 heteroatoms. The summed E-state index contributed by atoms with van der Waals surface area (Å²) < 4.78 is 0. The molecule has 2 atom stereocenters. The maximum Gasteiger partial charge on any atom is 0.0601 e. The lowest BCUT2D eigenvalue weighted by atomic mass is 9.97. The van der Waals surface area contributed by atoms with E-state index in [2.05, 4.69) is 36.1 Å². The first-order valence-corrected chi connectivity index (χ1v) is 6.21. The SMILES string of the molecule is CCCc1ccc(C(C(N)CO)N(C)C)cc1. The molecule has 96 valence electrons. The van der Waals surface area contributed by atoms with Gasteiger partial charge in [-0.2, -0.15) is 0 Å². The molecule has 1 aromatic carbocycles. The molecular formula is C14H24N2O. The van der Waals surface area contributed by atoms with Crippen molar-refractivity contribution in [1.29, 1.82) is 0 Å². The van der Waals surface area contributed by atoms with Crippen LogP contribution in [0.1, 0.15) is 30.5 Å². The van der Waals surface area contributed by atoms with Gasteiger partial charge in [-0.1, -0.05) is 37.6 Å². The second kappa shape index (κ2) is 6.74. The minimum atomic E-state index is -0.248. The van der Waals surface area contributed by atoms with Gasteiger partial charge in [-0.25, -0.2) is 0 Å². The van der Waals surface area contributed by atoms with Crippen LogP contribution >= 0.6 is 0 Å². The van der Waals surface area contributed by atoms with Crippen LogP contribution in [0.3, 0.4) is 0 Å². The number of rotatable bonds is 6. The highest BCUT2D eigenvalue weighted by atomic mass is 16.3. The molecule has 0 saturated carbocycles. The highest BCUT2D eigenvalue weighted by molar-refractivity contribution is 5.26. The Morgan fingerprint density at radius 2 is 1.82 bits per heavy atom. The predicted molar refractivity (Wildman–Crippen MR) is 71.9 cm³/mol. The van der Waals surface area contributed by atoms with Gasteiger partial charge in [0.15, 0.2) is 0 Å². The fourth-order valence-electron chi connectivity index (χ4n) is 2.20. The Balaban J connectivity index is 2.87. The summed E-state index contributed by atoms with van der Waals surface area (Å²) in [6.45, 7) is 2.18. The van der Waals surface area contributed by atoms with Gasteiger partial charge in [-0.05, 0) is 31.6 Å². The molecule has 0 fully saturated rings. The molecule has 1 rings (SSSR count). The molecule has 3 N–H and O–H groups in total. The van der Waals surface area contributed by atoms with Crippen LogP contribution in [0.4, 0.5) is 0 Å². The molecule has 0 radical (unpaired) electrons. The lowest BCUT2D eigenvalue weighted by Gasteiger charge is -2.29. The van der Waals surface area contributed by atoms with Gasteiger partial charge in [-0.15, -0.1) is 0 Å². The molecule has 0 heterocycles. The van der Waals surface area contributed by atoms with Crippen molar-refractivity contribution in [2.75, 3.05) is 20.7 Å². The Hall–Kier alpha value is -0.900. The van der Waals surface area contributed by atoms with Gasteiger partial charge < -0.3 is 15.7 Å². The van der Waals surface area contributed by atoms with Gasteiger partial charge in [0.2, 0.25) is 0 Å². The van der Waals surface area contributed by atoms with Crippen molar-refractivity contribution in [1.82, 2.24) is 4.90 Å². The van der Waals surface area contributed by atoms with Gasteiger partial charge >= 0.3 is 0 Å². The third-order valence-electron chi connectivity index (χ3n) is 3.03. The van der Waals surface area contributed by atoms with E-state index in [-0.39, 0.29) is 18.7 Å². The largest absolute Gasteiger partial charge is 0.395 e. The Labute approximate surface area is 104 Å². The minimum Gasteiger partial charge on any atom is -0.395 e. The van der Waals surface area contributed by atoms with Crippen molar-refractivity contribution in [2.24, 2.45) is 5.73 Å². The van der Waals surface area contributed by atoms with E-state index in [4.69, 9.17) is 5.73 Å². The van der Waals surface area contributed by atoms with Crippen molar-refractivity contribution in [3.63, 3.8) is 0 Å². The molecule has 0 spiro atoms. The fraction of sp³-hybridized carbons (Fsp3) is 0.571. The van der Waals surface area contributed by atoms with Gasteiger partial charge in [0, 0.05) is 6.04 Å². The summed E-state index contributed by atoms with van der Waals surface area (Å²) in [5.74, 6) is 0. The quantitative estimate of drug-likeness (QED) is 0.788. The van der Waals surface area contributed by atoms with Crippen molar-refractivity contribution in [3.05, 3.63) is 35.4 Å². The van der Waals surface area contributed by atoms with E-state index in [1.165, 1.54) is 5.56 Å². The molecule has 1 aromatic rings. The summed E-state index contributed by atoms with van der Waals surface area (Å²) in [5.41, 5.74) is 8.47. The first kappa shape index (κ1) is 14.2. The Kier molecular flexibility index (Phi) is 5.62. The number of nitrogens with zero attached hydrogens (tertiary/aromatic N) is 1. The predicted octanol–water partition coefficient (Wildman–Crippen LogP) is 1.56. The molecular weight excluding hydrogens is 212 g/mol. The van der Waals surface area contributed by atoms with E-state index in [0.717, 1.165) is 18.4 Å². The van der Waals surface area contributed by atoms with Crippen LogP contribution in [0.25, 0.3) is 0 Å². The van der Waals surface area contributed by atoms with E-state index >= 15 is 0 Å². The molecule has 0 aliphatic rings. The maximum atomic E-state index is 9.20. The van der Waals surface area contributed by atoms with Crippen LogP contribution in [0.2, 0.25) is 0 Å². The topological polar surface area (TPSA) is 49.5 Å². The van der Waals surface area contributed by atoms with Gasteiger partial charge in [0.25, 0.3) is 0 Å². The Morgan fingerprint density at radius 1 is 1.24 bits per heavy atom. The van der Waals surface area contributed by atoms with Crippen LogP contribution in [-0.4, -0.2) is 36.8 Å². The Bertz CT molecular complexity index is 321. The van der Waals surface area contributed by atoms with E-state index in [9.17, 15) is 5.11 Å². The zero-order chi connectivity index (χ0) is 12.8. The summed E-state index contributed by atoms with van der Waals surface area (Å²) in [6.07, 6.45) is 2.27. The van der Waals surface area contributed by atoms with Gasteiger partial charge in [0.1, 0.15) is 0 Å².